The summed E-state index contributed by atoms with van der Waals surface area (Å²) in [6, 6.07) is 4.09. The van der Waals surface area contributed by atoms with Crippen molar-refractivity contribution in [3.63, 3.8) is 0 Å². The van der Waals surface area contributed by atoms with Gasteiger partial charge in [0.05, 0.1) is 12.2 Å². The number of phenolic OH excluding ortho intramolecular Hbond substituents is 2. The van der Waals surface area contributed by atoms with Gasteiger partial charge >= 0.3 is 0 Å². The first-order valence-corrected chi connectivity index (χ1v) is 7.16. The fourth-order valence-corrected chi connectivity index (χ4v) is 2.49. The summed E-state index contributed by atoms with van der Waals surface area (Å²) in [5.74, 6) is -0.689. The highest BCUT2D eigenvalue weighted by molar-refractivity contribution is 9.09. The van der Waals surface area contributed by atoms with Gasteiger partial charge in [-0.2, -0.15) is 0 Å². The number of ether oxygens (including phenoxy) is 1. The average Bonchev–Trinajstić information content (AvgIpc) is 2.40. The lowest BCUT2D eigenvalue weighted by Gasteiger charge is -2.36. The van der Waals surface area contributed by atoms with E-state index in [0.29, 0.717) is 24.0 Å². The number of phenols is 2. The van der Waals surface area contributed by atoms with Crippen molar-refractivity contribution in [2.45, 2.75) is 19.1 Å². The first-order valence-electron chi connectivity index (χ1n) is 6.04. The van der Waals surface area contributed by atoms with Crippen LogP contribution in [-0.2, 0) is 4.74 Å². The summed E-state index contributed by atoms with van der Waals surface area (Å²) in [7, 11) is 0. The summed E-state index contributed by atoms with van der Waals surface area (Å²) in [5.41, 5.74) is 0.359. The molecule has 1 aromatic carbocycles. The topological polar surface area (TPSA) is 70.0 Å². The lowest BCUT2D eigenvalue weighted by atomic mass is 10.1. The van der Waals surface area contributed by atoms with Crippen molar-refractivity contribution in [3.8, 4) is 11.5 Å². The fourth-order valence-electron chi connectivity index (χ4n) is 2.14. The number of morpholine rings is 1. The highest BCUT2D eigenvalue weighted by Gasteiger charge is 2.28. The van der Waals surface area contributed by atoms with Crippen LogP contribution in [0.15, 0.2) is 18.2 Å². The molecule has 1 heterocycles. The quantitative estimate of drug-likeness (QED) is 0.640. The van der Waals surface area contributed by atoms with Crippen molar-refractivity contribution < 1.29 is 19.7 Å². The first-order chi connectivity index (χ1) is 9.01. The van der Waals surface area contributed by atoms with E-state index in [1.54, 1.807) is 4.90 Å². The molecule has 1 aromatic rings. The Hall–Kier alpha value is -1.27. The minimum atomic E-state index is -0.288. The van der Waals surface area contributed by atoms with Crippen LogP contribution in [0.3, 0.4) is 0 Å². The molecule has 0 aliphatic carbocycles. The largest absolute Gasteiger partial charge is 0.504 e. The molecule has 0 radical (unpaired) electrons. The predicted octanol–water partition coefficient (Wildman–Crippen LogP) is 1.72. The molecule has 1 fully saturated rings. The van der Waals surface area contributed by atoms with E-state index >= 15 is 0 Å². The Kier molecular flexibility index (Phi) is 4.31. The monoisotopic (exact) mass is 329 g/mol. The Morgan fingerprint density at radius 2 is 2.16 bits per heavy atom. The van der Waals surface area contributed by atoms with E-state index in [1.165, 1.54) is 18.2 Å². The van der Waals surface area contributed by atoms with Gasteiger partial charge in [0.25, 0.3) is 5.91 Å². The molecule has 5 nitrogen and oxygen atoms in total. The van der Waals surface area contributed by atoms with Crippen LogP contribution in [-0.4, -0.2) is 51.6 Å². The van der Waals surface area contributed by atoms with E-state index in [2.05, 4.69) is 15.9 Å². The summed E-state index contributed by atoms with van der Waals surface area (Å²) in [6.07, 6.45) is -0.0515. The number of benzene rings is 1. The van der Waals surface area contributed by atoms with Crippen molar-refractivity contribution >= 4 is 21.8 Å². The maximum Gasteiger partial charge on any atom is 0.254 e. The highest BCUT2D eigenvalue weighted by atomic mass is 79.9. The number of alkyl halides is 1. The van der Waals surface area contributed by atoms with Crippen LogP contribution < -0.4 is 0 Å². The van der Waals surface area contributed by atoms with E-state index in [9.17, 15) is 15.0 Å². The molecule has 0 spiro atoms. The minimum absolute atomic E-state index is 0.0223. The van der Waals surface area contributed by atoms with E-state index in [-0.39, 0.29) is 29.6 Å². The predicted molar refractivity (Wildman–Crippen MR) is 73.8 cm³/mol. The Bertz CT molecular complexity index is 480. The van der Waals surface area contributed by atoms with Crippen molar-refractivity contribution in [1.82, 2.24) is 4.90 Å². The van der Waals surface area contributed by atoms with Crippen LogP contribution in [0, 0.1) is 0 Å². The summed E-state index contributed by atoms with van der Waals surface area (Å²) in [5, 5.41) is 19.4. The van der Waals surface area contributed by atoms with E-state index in [0.717, 1.165) is 0 Å². The van der Waals surface area contributed by atoms with Gasteiger partial charge in [-0.1, -0.05) is 15.9 Å². The molecule has 1 amide bonds. The molecule has 104 valence electrons. The second-order valence-corrected chi connectivity index (χ2v) is 5.28. The van der Waals surface area contributed by atoms with Crippen LogP contribution in [0.1, 0.15) is 17.3 Å². The van der Waals surface area contributed by atoms with Gasteiger partial charge in [-0.25, -0.2) is 0 Å². The lowest BCUT2D eigenvalue weighted by molar-refractivity contribution is -0.0559. The standard InChI is InChI=1S/C13H16BrNO4/c1-8-6-15(7-10(5-14)19-8)13(18)9-2-3-11(16)12(17)4-9/h2-4,8,10,16-17H,5-7H2,1H3. The maximum absolute atomic E-state index is 12.3. The zero-order valence-electron chi connectivity index (χ0n) is 10.5. The molecular formula is C13H16BrNO4. The number of carbonyl (C=O) groups excluding carboxylic acids is 1. The maximum atomic E-state index is 12.3. The van der Waals surface area contributed by atoms with Crippen molar-refractivity contribution in [3.05, 3.63) is 23.8 Å². The molecule has 1 aliphatic rings. The highest BCUT2D eigenvalue weighted by Crippen LogP contribution is 2.26. The smallest absolute Gasteiger partial charge is 0.254 e. The van der Waals surface area contributed by atoms with Gasteiger partial charge < -0.3 is 19.8 Å². The van der Waals surface area contributed by atoms with Crippen LogP contribution in [0.2, 0.25) is 0 Å². The Morgan fingerprint density at radius 3 is 2.79 bits per heavy atom. The third-order valence-corrected chi connectivity index (χ3v) is 3.73. The zero-order chi connectivity index (χ0) is 14.0. The number of aromatic hydroxyl groups is 2. The summed E-state index contributed by atoms with van der Waals surface area (Å²) in [4.78, 5) is 14.0. The molecular weight excluding hydrogens is 314 g/mol. The van der Waals surface area contributed by atoms with Crippen molar-refractivity contribution in [2.24, 2.45) is 0 Å². The van der Waals surface area contributed by atoms with Gasteiger partial charge in [0.2, 0.25) is 0 Å². The summed E-state index contributed by atoms with van der Waals surface area (Å²) in [6.45, 7) is 2.95. The lowest BCUT2D eigenvalue weighted by Crippen LogP contribution is -2.49. The van der Waals surface area contributed by atoms with Gasteiger partial charge in [-0.05, 0) is 25.1 Å². The molecule has 0 bridgehead atoms. The van der Waals surface area contributed by atoms with Crippen LogP contribution in [0.25, 0.3) is 0 Å². The third kappa shape index (κ3) is 3.19. The Morgan fingerprint density at radius 1 is 1.42 bits per heavy atom. The summed E-state index contributed by atoms with van der Waals surface area (Å²) < 4.78 is 5.66. The second kappa shape index (κ2) is 5.79. The second-order valence-electron chi connectivity index (χ2n) is 4.64. The minimum Gasteiger partial charge on any atom is -0.504 e. The summed E-state index contributed by atoms with van der Waals surface area (Å²) >= 11 is 3.36. The number of hydrogen-bond acceptors (Lipinski definition) is 4. The van der Waals surface area contributed by atoms with Gasteiger partial charge in [0, 0.05) is 24.0 Å². The molecule has 0 aromatic heterocycles. The number of rotatable bonds is 2. The number of hydrogen-bond donors (Lipinski definition) is 2. The Balaban J connectivity index is 2.16. The van der Waals surface area contributed by atoms with E-state index in [4.69, 9.17) is 4.74 Å². The molecule has 2 unspecified atom stereocenters. The van der Waals surface area contributed by atoms with Crippen molar-refractivity contribution in [1.29, 1.82) is 0 Å². The number of nitrogens with zero attached hydrogens (tertiary/aromatic N) is 1. The molecule has 1 aliphatic heterocycles. The van der Waals surface area contributed by atoms with E-state index in [1.807, 2.05) is 6.92 Å². The third-order valence-electron chi connectivity index (χ3n) is 3.01. The van der Waals surface area contributed by atoms with Crippen LogP contribution in [0.4, 0.5) is 0 Å². The SMILES string of the molecule is CC1CN(C(=O)c2ccc(O)c(O)c2)CC(CBr)O1. The normalized spacial score (nSPS) is 23.4. The van der Waals surface area contributed by atoms with Crippen molar-refractivity contribution in [2.75, 3.05) is 18.4 Å². The zero-order valence-corrected chi connectivity index (χ0v) is 12.1. The molecule has 2 atom stereocenters. The fraction of sp³-hybridized carbons (Fsp3) is 0.462. The number of carbonyl (C=O) groups is 1. The van der Waals surface area contributed by atoms with E-state index < -0.39 is 0 Å². The van der Waals surface area contributed by atoms with Crippen LogP contribution >= 0.6 is 15.9 Å². The van der Waals surface area contributed by atoms with Gasteiger partial charge in [-0.15, -0.1) is 0 Å². The molecule has 1 saturated heterocycles. The molecule has 19 heavy (non-hydrogen) atoms. The van der Waals surface area contributed by atoms with Gasteiger partial charge in [0.1, 0.15) is 0 Å². The molecule has 6 heteroatoms. The Labute approximate surface area is 119 Å². The van der Waals surface area contributed by atoms with Crippen LogP contribution in [0.5, 0.6) is 11.5 Å². The van der Waals surface area contributed by atoms with Gasteiger partial charge in [-0.3, -0.25) is 4.79 Å². The van der Waals surface area contributed by atoms with Gasteiger partial charge in [0.15, 0.2) is 11.5 Å². The average molecular weight is 330 g/mol. The first kappa shape index (κ1) is 14.1. The molecule has 2 N–H and O–H groups in total. The number of amides is 1. The molecule has 0 saturated carbocycles. The molecule has 2 rings (SSSR count). The number of halogens is 1.